The lowest BCUT2D eigenvalue weighted by Gasteiger charge is -2.18. The third kappa shape index (κ3) is 6.14. The molecule has 0 bridgehead atoms. The summed E-state index contributed by atoms with van der Waals surface area (Å²) in [7, 11) is 0. The van der Waals surface area contributed by atoms with Gasteiger partial charge in [0.2, 0.25) is 0 Å². The molecule has 2 heterocycles. The van der Waals surface area contributed by atoms with Gasteiger partial charge in [-0.25, -0.2) is 15.0 Å². The van der Waals surface area contributed by atoms with Gasteiger partial charge in [-0.1, -0.05) is 171 Å². The molecule has 0 spiro atoms. The fourth-order valence-corrected chi connectivity index (χ4v) is 8.19. The molecule has 4 heteroatoms. The van der Waals surface area contributed by atoms with Crippen LogP contribution in [-0.4, -0.2) is 19.9 Å². The Kier molecular flexibility index (Phi) is 8.77. The van der Waals surface area contributed by atoms with E-state index >= 15 is 0 Å². The van der Waals surface area contributed by atoms with Crippen molar-refractivity contribution in [2.75, 3.05) is 0 Å². The normalized spacial score (nSPS) is 11.2. The fraction of sp³-hybridized carbons (Fsp3) is 0. The first-order valence-electron chi connectivity index (χ1n) is 19.4. The zero-order chi connectivity index (χ0) is 39.0. The third-order valence-electron chi connectivity index (χ3n) is 10.9. The van der Waals surface area contributed by atoms with Crippen LogP contribution in [0.5, 0.6) is 0 Å². The Morgan fingerprint density at radius 2 is 0.862 bits per heavy atom. The first-order chi connectivity index (χ1) is 28.7. The van der Waals surface area contributed by atoms with Crippen LogP contribution in [0, 0.1) is 0 Å². The lowest BCUT2D eigenvalue weighted by Crippen LogP contribution is -2.00. The highest BCUT2D eigenvalue weighted by Gasteiger charge is 2.18. The lowest BCUT2D eigenvalue weighted by molar-refractivity contribution is 1.07. The molecule has 4 nitrogen and oxygen atoms in total. The van der Waals surface area contributed by atoms with Gasteiger partial charge in [0.15, 0.2) is 17.5 Å². The van der Waals surface area contributed by atoms with Crippen molar-refractivity contribution < 1.29 is 0 Å². The van der Waals surface area contributed by atoms with Gasteiger partial charge in [-0.05, 0) is 96.4 Å². The lowest BCUT2D eigenvalue weighted by atomic mass is 9.86. The van der Waals surface area contributed by atoms with Crippen LogP contribution in [0.2, 0.25) is 0 Å². The Labute approximate surface area is 337 Å². The minimum atomic E-state index is 0.599. The number of rotatable bonds is 8. The molecule has 0 atom stereocenters. The maximum atomic E-state index is 5.16. The highest BCUT2D eigenvalue weighted by Crippen LogP contribution is 2.42. The predicted molar refractivity (Wildman–Crippen MR) is 243 cm³/mol. The first-order valence-corrected chi connectivity index (χ1v) is 19.4. The van der Waals surface area contributed by atoms with Gasteiger partial charge in [-0.3, -0.25) is 4.98 Å². The van der Waals surface area contributed by atoms with Gasteiger partial charge >= 0.3 is 0 Å². The summed E-state index contributed by atoms with van der Waals surface area (Å²) in [5.41, 5.74) is 12.4. The molecule has 0 aliphatic heterocycles. The molecule has 10 rings (SSSR count). The summed E-state index contributed by atoms with van der Waals surface area (Å²) in [4.78, 5) is 19.9. The molecule has 10 aromatic rings. The largest absolute Gasteiger partial charge is 0.256 e. The van der Waals surface area contributed by atoms with Gasteiger partial charge in [0.1, 0.15) is 0 Å². The van der Waals surface area contributed by atoms with Gasteiger partial charge in [-0.2, -0.15) is 0 Å². The average molecular weight is 741 g/mol. The van der Waals surface area contributed by atoms with Gasteiger partial charge < -0.3 is 0 Å². The molecule has 2 aromatic heterocycles. The van der Waals surface area contributed by atoms with Crippen LogP contribution in [0.15, 0.2) is 195 Å². The van der Waals surface area contributed by atoms with Crippen LogP contribution in [-0.2, 0) is 0 Å². The number of benzene rings is 8. The Morgan fingerprint density at radius 3 is 1.55 bits per heavy atom. The molecule has 58 heavy (non-hydrogen) atoms. The second-order valence-electron chi connectivity index (χ2n) is 14.3. The van der Waals surface area contributed by atoms with E-state index in [4.69, 9.17) is 15.0 Å². The highest BCUT2D eigenvalue weighted by atomic mass is 15.0. The van der Waals surface area contributed by atoms with Crippen LogP contribution >= 0.6 is 0 Å². The van der Waals surface area contributed by atoms with Crippen molar-refractivity contribution in [2.45, 2.75) is 0 Å². The van der Waals surface area contributed by atoms with Crippen molar-refractivity contribution in [3.05, 3.63) is 206 Å². The van der Waals surface area contributed by atoms with Crippen molar-refractivity contribution in [3.63, 3.8) is 0 Å². The van der Waals surface area contributed by atoms with Crippen LogP contribution in [0.3, 0.4) is 0 Å². The summed E-state index contributed by atoms with van der Waals surface area (Å²) >= 11 is 0. The number of nitrogens with zero attached hydrogens (tertiary/aromatic N) is 4. The Bertz CT molecular complexity index is 3120. The van der Waals surface area contributed by atoms with E-state index in [0.717, 1.165) is 93.6 Å². The number of hydrogen-bond acceptors (Lipinski definition) is 4. The number of aromatic nitrogens is 4. The van der Waals surface area contributed by atoms with Crippen molar-refractivity contribution >= 4 is 44.6 Å². The van der Waals surface area contributed by atoms with Gasteiger partial charge in [0, 0.05) is 28.3 Å². The minimum Gasteiger partial charge on any atom is -0.256 e. The van der Waals surface area contributed by atoms with E-state index in [2.05, 4.69) is 127 Å². The standard InChI is InChI=1S/C54H36N4/c1-3-42-43(4-2)48-24-13-23-45(51(48)49-21-12-11-20-46(42)49)40-32-39(35-27-29-36(30-28-35)44-22-14-26-50-47(44)25-15-31-55-50)33-41(34-40)54-57-52(37-16-7-5-8-17-37)56-53(58-54)38-18-9-6-10-19-38/h3-34H,1-2H2. The molecule has 0 saturated carbocycles. The van der Waals surface area contributed by atoms with Gasteiger partial charge in [-0.15, -0.1) is 0 Å². The quantitative estimate of drug-likeness (QED) is 0.146. The van der Waals surface area contributed by atoms with Crippen LogP contribution < -0.4 is 0 Å². The predicted octanol–water partition coefficient (Wildman–Crippen LogP) is 14.0. The van der Waals surface area contributed by atoms with E-state index in [1.165, 1.54) is 0 Å². The van der Waals surface area contributed by atoms with E-state index < -0.39 is 0 Å². The topological polar surface area (TPSA) is 51.6 Å². The Balaban J connectivity index is 1.22. The molecule has 0 unspecified atom stereocenters. The minimum absolute atomic E-state index is 0.599. The molecular formula is C54H36N4. The second kappa shape index (κ2) is 14.7. The molecule has 0 radical (unpaired) electrons. The summed E-state index contributed by atoms with van der Waals surface area (Å²) in [6.07, 6.45) is 5.73. The molecule has 0 N–H and O–H groups in total. The monoisotopic (exact) mass is 740 g/mol. The zero-order valence-electron chi connectivity index (χ0n) is 31.7. The molecule has 272 valence electrons. The van der Waals surface area contributed by atoms with Crippen molar-refractivity contribution in [3.8, 4) is 67.5 Å². The van der Waals surface area contributed by atoms with Gasteiger partial charge in [0.05, 0.1) is 5.52 Å². The second-order valence-corrected chi connectivity index (χ2v) is 14.3. The fourth-order valence-electron chi connectivity index (χ4n) is 8.19. The molecular weight excluding hydrogens is 705 g/mol. The molecule has 0 aliphatic rings. The summed E-state index contributed by atoms with van der Waals surface area (Å²) in [5, 5.41) is 5.71. The molecule has 0 fully saturated rings. The maximum Gasteiger partial charge on any atom is 0.164 e. The van der Waals surface area contributed by atoms with Crippen molar-refractivity contribution in [1.82, 2.24) is 19.9 Å². The zero-order valence-corrected chi connectivity index (χ0v) is 31.7. The van der Waals surface area contributed by atoms with E-state index in [0.29, 0.717) is 17.5 Å². The molecule has 0 aliphatic carbocycles. The summed E-state index contributed by atoms with van der Waals surface area (Å²) < 4.78 is 0. The van der Waals surface area contributed by atoms with Crippen molar-refractivity contribution in [2.24, 2.45) is 0 Å². The maximum absolute atomic E-state index is 5.16. The van der Waals surface area contributed by atoms with Crippen LogP contribution in [0.25, 0.3) is 112 Å². The van der Waals surface area contributed by atoms with E-state index in [1.807, 2.05) is 85.1 Å². The summed E-state index contributed by atoms with van der Waals surface area (Å²) in [6, 6.07) is 61.3. The van der Waals surface area contributed by atoms with Gasteiger partial charge in [0.25, 0.3) is 0 Å². The van der Waals surface area contributed by atoms with E-state index in [-0.39, 0.29) is 0 Å². The van der Waals surface area contributed by atoms with E-state index in [9.17, 15) is 0 Å². The highest BCUT2D eigenvalue weighted by molar-refractivity contribution is 6.19. The average Bonchev–Trinajstić information content (AvgIpc) is 3.31. The van der Waals surface area contributed by atoms with E-state index in [1.54, 1.807) is 0 Å². The smallest absolute Gasteiger partial charge is 0.164 e. The van der Waals surface area contributed by atoms with Crippen LogP contribution in [0.1, 0.15) is 11.1 Å². The summed E-state index contributed by atoms with van der Waals surface area (Å²) in [5.74, 6) is 1.84. The number of fused-ring (bicyclic) bond motifs is 4. The first kappa shape index (κ1) is 34.7. The number of pyridine rings is 1. The number of hydrogen-bond donors (Lipinski definition) is 0. The molecule has 8 aromatic carbocycles. The summed E-state index contributed by atoms with van der Waals surface area (Å²) in [6.45, 7) is 8.44. The van der Waals surface area contributed by atoms with Crippen LogP contribution in [0.4, 0.5) is 0 Å². The van der Waals surface area contributed by atoms with Crippen molar-refractivity contribution in [1.29, 1.82) is 0 Å². The third-order valence-corrected chi connectivity index (χ3v) is 10.9. The Morgan fingerprint density at radius 1 is 0.345 bits per heavy atom. The molecule has 0 saturated heterocycles. The SMILES string of the molecule is C=Cc1c(C=C)c2cccc(-c3cc(-c4ccc(-c5cccc6ncccc56)cc4)cc(-c4nc(-c5ccccc5)nc(-c5ccccc5)n4)c3)c2c2ccccc12. The molecule has 0 amide bonds. The Hall–Kier alpha value is -7.82.